The zero-order valence-electron chi connectivity index (χ0n) is 24.8. The van der Waals surface area contributed by atoms with E-state index in [1.807, 2.05) is 80.6 Å². The number of carbonyl (C=O) groups is 4. The number of nitrogens with two attached hydrogens (primary N) is 1. The highest BCUT2D eigenvalue weighted by atomic mass is 16.6. The molecular weight excluding hydrogens is 532 g/mol. The molecule has 9 heteroatoms. The topological polar surface area (TPSA) is 131 Å². The Morgan fingerprint density at radius 1 is 1.00 bits per heavy atom. The van der Waals surface area contributed by atoms with Gasteiger partial charge in [0.25, 0.3) is 5.91 Å². The first-order valence-corrected chi connectivity index (χ1v) is 14.3. The Kier molecular flexibility index (Phi) is 9.19. The molecule has 9 nitrogen and oxygen atoms in total. The van der Waals surface area contributed by atoms with Crippen LogP contribution >= 0.6 is 0 Å². The van der Waals surface area contributed by atoms with Crippen LogP contribution in [0.2, 0.25) is 0 Å². The van der Waals surface area contributed by atoms with Crippen molar-refractivity contribution in [3.05, 3.63) is 77.9 Å². The summed E-state index contributed by atoms with van der Waals surface area (Å²) in [6, 6.07) is 18.6. The van der Waals surface area contributed by atoms with Crippen LogP contribution in [-0.2, 0) is 19.1 Å². The lowest BCUT2D eigenvalue weighted by Crippen LogP contribution is -2.53. The third kappa shape index (κ3) is 7.66. The van der Waals surface area contributed by atoms with Gasteiger partial charge in [-0.2, -0.15) is 0 Å². The largest absolute Gasteiger partial charge is 0.444 e. The minimum Gasteiger partial charge on any atom is -0.444 e. The normalized spacial score (nSPS) is 17.5. The van der Waals surface area contributed by atoms with E-state index in [9.17, 15) is 19.2 Å². The number of amides is 4. The maximum atomic E-state index is 14.4. The number of hydrogen-bond acceptors (Lipinski definition) is 5. The summed E-state index contributed by atoms with van der Waals surface area (Å²) in [6.45, 7) is 9.07. The van der Waals surface area contributed by atoms with E-state index in [0.29, 0.717) is 17.7 Å². The summed E-state index contributed by atoms with van der Waals surface area (Å²) in [7, 11) is 0. The van der Waals surface area contributed by atoms with Gasteiger partial charge >= 0.3 is 6.09 Å². The average Bonchev–Trinajstić information content (AvgIpc) is 3.64. The highest BCUT2D eigenvalue weighted by molar-refractivity contribution is 6.01. The summed E-state index contributed by atoms with van der Waals surface area (Å²) in [4.78, 5) is 54.6. The van der Waals surface area contributed by atoms with E-state index in [4.69, 9.17) is 10.5 Å². The number of fused-ring (bicyclic) bond motifs is 1. The molecule has 4 N–H and O–H groups in total. The Morgan fingerprint density at radius 2 is 1.64 bits per heavy atom. The maximum Gasteiger partial charge on any atom is 0.408 e. The highest BCUT2D eigenvalue weighted by Gasteiger charge is 2.48. The van der Waals surface area contributed by atoms with Gasteiger partial charge in [0, 0.05) is 18.2 Å². The number of nitrogens with zero attached hydrogens (tertiary/aromatic N) is 1. The minimum absolute atomic E-state index is 0.0300. The summed E-state index contributed by atoms with van der Waals surface area (Å²) < 4.78 is 5.41. The Hall–Kier alpha value is -4.40. The lowest BCUT2D eigenvalue weighted by Gasteiger charge is -2.35. The number of alkyl carbamates (subject to hydrolysis) is 1. The van der Waals surface area contributed by atoms with Crippen LogP contribution < -0.4 is 16.4 Å². The fourth-order valence-electron chi connectivity index (χ4n) is 5.13. The number of carbonyl (C=O) groups excluding carboxylic acids is 4. The number of primary amides is 1. The highest BCUT2D eigenvalue weighted by Crippen LogP contribution is 2.42. The van der Waals surface area contributed by atoms with E-state index in [0.717, 1.165) is 16.3 Å². The lowest BCUT2D eigenvalue weighted by molar-refractivity contribution is -0.142. The summed E-state index contributed by atoms with van der Waals surface area (Å²) >= 11 is 0. The Bertz CT molecular complexity index is 1480. The molecule has 3 aromatic rings. The van der Waals surface area contributed by atoms with E-state index >= 15 is 0 Å². The average molecular weight is 573 g/mol. The standard InChI is InChI=1S/C33H40N4O5/c1-20-10-6-9-13-25(20)29(30(39)35-24-15-14-22-11-7-8-12-23(22)19-24)37(27-18-21(27)2)31(40)26(16-17-28(34)38)36-32(41)42-33(3,4)5/h6-15,19,21,26-27,29H,16-18H2,1-5H3,(H2,34,38)(H,35,39)(H,36,41). The Morgan fingerprint density at radius 3 is 2.26 bits per heavy atom. The molecule has 1 fully saturated rings. The molecule has 1 saturated carbocycles. The van der Waals surface area contributed by atoms with Gasteiger partial charge in [0.05, 0.1) is 0 Å². The number of ether oxygens (including phenoxy) is 1. The second-order valence-electron chi connectivity index (χ2n) is 12.0. The molecule has 0 radical (unpaired) electrons. The zero-order valence-corrected chi connectivity index (χ0v) is 24.8. The molecule has 4 unspecified atom stereocenters. The summed E-state index contributed by atoms with van der Waals surface area (Å²) in [5.41, 5.74) is 6.74. The van der Waals surface area contributed by atoms with Gasteiger partial charge in [0.15, 0.2) is 0 Å². The van der Waals surface area contributed by atoms with Crippen molar-refractivity contribution < 1.29 is 23.9 Å². The van der Waals surface area contributed by atoms with Gasteiger partial charge in [0.1, 0.15) is 17.7 Å². The first-order valence-electron chi connectivity index (χ1n) is 14.3. The number of nitrogens with one attached hydrogen (secondary N) is 2. The third-order valence-electron chi connectivity index (χ3n) is 7.37. The second kappa shape index (κ2) is 12.6. The van der Waals surface area contributed by atoms with E-state index in [-0.39, 0.29) is 30.7 Å². The molecule has 1 aliphatic carbocycles. The number of rotatable bonds is 10. The van der Waals surface area contributed by atoms with Crippen molar-refractivity contribution in [2.24, 2.45) is 11.7 Å². The quantitative estimate of drug-likeness (QED) is 0.306. The summed E-state index contributed by atoms with van der Waals surface area (Å²) in [6.07, 6.45) is -0.245. The van der Waals surface area contributed by atoms with Crippen molar-refractivity contribution in [3.8, 4) is 0 Å². The minimum atomic E-state index is -1.12. The molecule has 0 heterocycles. The van der Waals surface area contributed by atoms with E-state index in [1.165, 1.54) is 0 Å². The van der Waals surface area contributed by atoms with Gasteiger partial charge in [-0.3, -0.25) is 14.4 Å². The predicted molar refractivity (Wildman–Crippen MR) is 162 cm³/mol. The van der Waals surface area contributed by atoms with Crippen molar-refractivity contribution in [3.63, 3.8) is 0 Å². The van der Waals surface area contributed by atoms with Crippen LogP contribution in [-0.4, -0.2) is 46.4 Å². The molecule has 0 saturated heterocycles. The van der Waals surface area contributed by atoms with Crippen molar-refractivity contribution >= 4 is 40.3 Å². The van der Waals surface area contributed by atoms with E-state index in [1.54, 1.807) is 25.7 Å². The molecule has 0 spiro atoms. The molecule has 4 atom stereocenters. The van der Waals surface area contributed by atoms with Crippen LogP contribution in [0.25, 0.3) is 10.8 Å². The lowest BCUT2D eigenvalue weighted by atomic mass is 9.97. The van der Waals surface area contributed by atoms with Gasteiger partial charge < -0.3 is 26.0 Å². The molecule has 4 amide bonds. The van der Waals surface area contributed by atoms with Crippen LogP contribution in [0.15, 0.2) is 66.7 Å². The molecule has 0 bridgehead atoms. The molecule has 4 rings (SSSR count). The first kappa shape index (κ1) is 30.6. The van der Waals surface area contributed by atoms with Crippen molar-refractivity contribution in [2.75, 3.05) is 5.32 Å². The number of aryl methyl sites for hydroxylation is 1. The number of anilines is 1. The number of benzene rings is 3. The Labute approximate surface area is 246 Å². The molecule has 0 aromatic heterocycles. The molecule has 1 aliphatic rings. The van der Waals surface area contributed by atoms with Gasteiger partial charge in [-0.25, -0.2) is 4.79 Å². The second-order valence-corrected chi connectivity index (χ2v) is 12.0. The van der Waals surface area contributed by atoms with Gasteiger partial charge in [-0.05, 0) is 80.5 Å². The summed E-state index contributed by atoms with van der Waals surface area (Å²) in [5.74, 6) is -1.31. The van der Waals surface area contributed by atoms with E-state index in [2.05, 4.69) is 10.6 Å². The third-order valence-corrected chi connectivity index (χ3v) is 7.37. The van der Waals surface area contributed by atoms with Crippen LogP contribution in [0, 0.1) is 12.8 Å². The summed E-state index contributed by atoms with van der Waals surface area (Å²) in [5, 5.41) is 7.69. The van der Waals surface area contributed by atoms with Gasteiger partial charge in [-0.15, -0.1) is 0 Å². The van der Waals surface area contributed by atoms with Crippen molar-refractivity contribution in [2.45, 2.75) is 77.6 Å². The Balaban J connectivity index is 1.72. The van der Waals surface area contributed by atoms with E-state index < -0.39 is 35.6 Å². The SMILES string of the molecule is Cc1ccccc1C(C(=O)Nc1ccc2ccccc2c1)N(C(=O)C(CCC(N)=O)NC(=O)OC(C)(C)C)C1CC1C. The van der Waals surface area contributed by atoms with Crippen LogP contribution in [0.1, 0.15) is 64.1 Å². The van der Waals surface area contributed by atoms with Crippen molar-refractivity contribution in [1.29, 1.82) is 0 Å². The van der Waals surface area contributed by atoms with Crippen molar-refractivity contribution in [1.82, 2.24) is 10.2 Å². The number of hydrogen-bond donors (Lipinski definition) is 3. The predicted octanol–water partition coefficient (Wildman–Crippen LogP) is 5.22. The molecular formula is C33H40N4O5. The fourth-order valence-corrected chi connectivity index (χ4v) is 5.13. The molecule has 222 valence electrons. The van der Waals surface area contributed by atoms with Gasteiger partial charge in [-0.1, -0.05) is 61.5 Å². The molecule has 0 aliphatic heterocycles. The molecule has 3 aromatic carbocycles. The zero-order chi connectivity index (χ0) is 30.6. The maximum absolute atomic E-state index is 14.4. The first-order chi connectivity index (χ1) is 19.8. The smallest absolute Gasteiger partial charge is 0.408 e. The fraction of sp³-hybridized carbons (Fsp3) is 0.394. The van der Waals surface area contributed by atoms with Crippen LogP contribution in [0.4, 0.5) is 10.5 Å². The molecule has 42 heavy (non-hydrogen) atoms. The van der Waals surface area contributed by atoms with Crippen LogP contribution in [0.5, 0.6) is 0 Å². The van der Waals surface area contributed by atoms with Crippen LogP contribution in [0.3, 0.4) is 0 Å². The van der Waals surface area contributed by atoms with Gasteiger partial charge in [0.2, 0.25) is 11.8 Å². The monoisotopic (exact) mass is 572 g/mol.